The summed E-state index contributed by atoms with van der Waals surface area (Å²) in [7, 11) is 0. The highest BCUT2D eigenvalue weighted by Gasteiger charge is 2.38. The average Bonchev–Trinajstić information content (AvgIpc) is 2.72. The predicted molar refractivity (Wildman–Crippen MR) is 105 cm³/mol. The van der Waals surface area contributed by atoms with Crippen LogP contribution < -0.4 is 5.32 Å². The van der Waals surface area contributed by atoms with Gasteiger partial charge in [0.25, 0.3) is 5.91 Å². The molecular weight excluding hydrogens is 417 g/mol. The van der Waals surface area contributed by atoms with Crippen LogP contribution in [0.15, 0.2) is 36.4 Å². The quantitative estimate of drug-likeness (QED) is 0.669. The van der Waals surface area contributed by atoms with Gasteiger partial charge in [-0.3, -0.25) is 4.79 Å². The van der Waals surface area contributed by atoms with Crippen LogP contribution in [0, 0.1) is 0 Å². The lowest BCUT2D eigenvalue weighted by atomic mass is 10.0. The van der Waals surface area contributed by atoms with Crippen LogP contribution in [0.25, 0.3) is 11.3 Å². The molecule has 0 bridgehead atoms. The Bertz CT molecular complexity index is 900. The third-order valence-corrected chi connectivity index (χ3v) is 4.42. The molecule has 8 nitrogen and oxygen atoms in total. The van der Waals surface area contributed by atoms with Crippen molar-refractivity contribution < 1.29 is 33.0 Å². The number of carboxylic acids is 1. The third-order valence-electron chi connectivity index (χ3n) is 4.42. The topological polar surface area (TPSA) is 116 Å². The summed E-state index contributed by atoms with van der Waals surface area (Å²) in [6.07, 6.45) is -5.08. The average molecular weight is 440 g/mol. The highest BCUT2D eigenvalue weighted by molar-refractivity contribution is 5.92. The van der Waals surface area contributed by atoms with Crippen LogP contribution in [-0.2, 0) is 11.4 Å². The maximum Gasteiger partial charge on any atom is 0.490 e. The van der Waals surface area contributed by atoms with Gasteiger partial charge in [0.15, 0.2) is 5.69 Å². The van der Waals surface area contributed by atoms with Gasteiger partial charge in [-0.05, 0) is 31.5 Å². The van der Waals surface area contributed by atoms with Gasteiger partial charge < -0.3 is 20.4 Å². The van der Waals surface area contributed by atoms with Crippen molar-refractivity contribution >= 4 is 11.9 Å². The molecule has 3 rings (SSSR count). The second-order valence-electron chi connectivity index (χ2n) is 7.50. The van der Waals surface area contributed by atoms with Crippen LogP contribution in [-0.4, -0.2) is 68.5 Å². The number of halogens is 3. The zero-order chi connectivity index (χ0) is 23.2. The van der Waals surface area contributed by atoms with Gasteiger partial charge in [0, 0.05) is 30.7 Å². The van der Waals surface area contributed by atoms with Crippen molar-refractivity contribution in [1.82, 2.24) is 20.4 Å². The predicted octanol–water partition coefficient (Wildman–Crippen LogP) is 2.09. The fraction of sp³-hybridized carbons (Fsp3) is 0.400. The van der Waals surface area contributed by atoms with Crippen LogP contribution in [0.1, 0.15) is 29.9 Å². The second-order valence-corrected chi connectivity index (χ2v) is 7.50. The molecule has 2 aromatic rings. The van der Waals surface area contributed by atoms with E-state index < -0.39 is 12.1 Å². The molecule has 0 saturated carbocycles. The number of hydrogen-bond acceptors (Lipinski definition) is 6. The van der Waals surface area contributed by atoms with Crippen molar-refractivity contribution in [1.29, 1.82) is 0 Å². The maximum absolute atomic E-state index is 12.6. The van der Waals surface area contributed by atoms with E-state index in [1.165, 1.54) is 0 Å². The molecule has 1 aliphatic rings. The number of benzene rings is 1. The molecule has 1 aromatic heterocycles. The third kappa shape index (κ3) is 7.00. The normalized spacial score (nSPS) is 15.6. The van der Waals surface area contributed by atoms with Crippen molar-refractivity contribution in [3.63, 3.8) is 0 Å². The van der Waals surface area contributed by atoms with E-state index in [0.717, 1.165) is 17.7 Å². The summed E-state index contributed by atoms with van der Waals surface area (Å²) in [5.74, 6) is -2.84. The maximum atomic E-state index is 12.6. The standard InChI is InChI=1S/C18H22N4O2.C2HF3O2/c1-18(2)12-22(10-9-19-18)17(24)16-8-7-15(20-21-16)14-5-3-13(11-23)4-6-14;3-2(4,5)1(6)7/h3-8,19,23H,9-12H2,1-2H3;(H,6,7). The molecule has 1 aromatic carbocycles. The molecule has 1 aliphatic heterocycles. The van der Waals surface area contributed by atoms with Gasteiger partial charge >= 0.3 is 12.1 Å². The number of carboxylic acid groups (broad SMARTS) is 1. The first kappa shape index (κ1) is 24.2. The number of piperazine rings is 1. The number of alkyl halides is 3. The SMILES string of the molecule is CC1(C)CN(C(=O)c2ccc(-c3ccc(CO)cc3)nn2)CCN1.O=C(O)C(F)(F)F. The molecule has 168 valence electrons. The number of nitrogens with zero attached hydrogens (tertiary/aromatic N) is 3. The van der Waals surface area contributed by atoms with E-state index in [-0.39, 0.29) is 18.1 Å². The Balaban J connectivity index is 0.000000423. The highest BCUT2D eigenvalue weighted by Crippen LogP contribution is 2.18. The second kappa shape index (κ2) is 9.84. The van der Waals surface area contributed by atoms with Crippen molar-refractivity contribution in [2.24, 2.45) is 0 Å². The molecule has 1 fully saturated rings. The number of hydrogen-bond donors (Lipinski definition) is 3. The van der Waals surface area contributed by atoms with E-state index in [1.54, 1.807) is 6.07 Å². The van der Waals surface area contributed by atoms with Gasteiger partial charge in [0.2, 0.25) is 0 Å². The number of carbonyl (C=O) groups is 2. The molecule has 11 heteroatoms. The number of nitrogens with one attached hydrogen (secondary N) is 1. The molecule has 0 unspecified atom stereocenters. The Hall–Kier alpha value is -3.05. The van der Waals surface area contributed by atoms with E-state index >= 15 is 0 Å². The number of rotatable bonds is 3. The first-order chi connectivity index (χ1) is 14.4. The zero-order valence-electron chi connectivity index (χ0n) is 17.0. The Labute approximate surface area is 176 Å². The Morgan fingerprint density at radius 2 is 1.74 bits per heavy atom. The van der Waals surface area contributed by atoms with Gasteiger partial charge in [0.1, 0.15) is 0 Å². The van der Waals surface area contributed by atoms with Gasteiger partial charge in [-0.1, -0.05) is 24.3 Å². The number of aromatic nitrogens is 2. The Kier molecular flexibility index (Phi) is 7.69. The first-order valence-electron chi connectivity index (χ1n) is 9.31. The van der Waals surface area contributed by atoms with Crippen molar-refractivity contribution in [3.8, 4) is 11.3 Å². The van der Waals surface area contributed by atoms with Crippen LogP contribution in [0.4, 0.5) is 13.2 Å². The van der Waals surface area contributed by atoms with Gasteiger partial charge in [-0.2, -0.15) is 13.2 Å². The molecular formula is C20H23F3N4O4. The van der Waals surface area contributed by atoms with E-state index in [4.69, 9.17) is 15.0 Å². The molecule has 0 aliphatic carbocycles. The smallest absolute Gasteiger partial charge is 0.475 e. The molecule has 0 atom stereocenters. The van der Waals surface area contributed by atoms with Crippen molar-refractivity contribution in [2.45, 2.75) is 32.2 Å². The molecule has 2 heterocycles. The van der Waals surface area contributed by atoms with Crippen molar-refractivity contribution in [2.75, 3.05) is 19.6 Å². The minimum atomic E-state index is -5.08. The van der Waals surface area contributed by atoms with Crippen molar-refractivity contribution in [3.05, 3.63) is 47.7 Å². The van der Waals surface area contributed by atoms with Gasteiger partial charge in [-0.15, -0.1) is 10.2 Å². The Morgan fingerprint density at radius 3 is 2.19 bits per heavy atom. The zero-order valence-corrected chi connectivity index (χ0v) is 17.0. The van der Waals surface area contributed by atoms with Crippen LogP contribution >= 0.6 is 0 Å². The molecule has 0 radical (unpaired) electrons. The molecule has 0 spiro atoms. The minimum absolute atomic E-state index is 0.0143. The number of aliphatic hydroxyl groups excluding tert-OH is 1. The lowest BCUT2D eigenvalue weighted by Crippen LogP contribution is -2.58. The summed E-state index contributed by atoms with van der Waals surface area (Å²) >= 11 is 0. The molecule has 3 N–H and O–H groups in total. The summed E-state index contributed by atoms with van der Waals surface area (Å²) in [4.78, 5) is 23.3. The summed E-state index contributed by atoms with van der Waals surface area (Å²) < 4.78 is 31.7. The number of carbonyl (C=O) groups excluding carboxylic acids is 1. The fourth-order valence-corrected chi connectivity index (χ4v) is 2.86. The minimum Gasteiger partial charge on any atom is -0.475 e. The monoisotopic (exact) mass is 440 g/mol. The Morgan fingerprint density at radius 1 is 1.13 bits per heavy atom. The van der Waals surface area contributed by atoms with Gasteiger partial charge in [-0.25, -0.2) is 4.79 Å². The van der Waals surface area contributed by atoms with Crippen LogP contribution in [0.2, 0.25) is 0 Å². The van der Waals surface area contributed by atoms with Crippen LogP contribution in [0.5, 0.6) is 0 Å². The highest BCUT2D eigenvalue weighted by atomic mass is 19.4. The fourth-order valence-electron chi connectivity index (χ4n) is 2.86. The largest absolute Gasteiger partial charge is 0.490 e. The number of aliphatic hydroxyl groups is 1. The number of aliphatic carboxylic acids is 1. The summed E-state index contributed by atoms with van der Waals surface area (Å²) in [6.45, 7) is 6.28. The van der Waals surface area contributed by atoms with E-state index in [2.05, 4.69) is 29.4 Å². The summed E-state index contributed by atoms with van der Waals surface area (Å²) in [5, 5.41) is 27.9. The van der Waals surface area contributed by atoms with E-state index in [0.29, 0.717) is 24.5 Å². The number of amides is 1. The lowest BCUT2D eigenvalue weighted by molar-refractivity contribution is -0.192. The lowest BCUT2D eigenvalue weighted by Gasteiger charge is -2.38. The molecule has 1 amide bonds. The summed E-state index contributed by atoms with van der Waals surface area (Å²) in [6, 6.07) is 11.0. The first-order valence-corrected chi connectivity index (χ1v) is 9.31. The summed E-state index contributed by atoms with van der Waals surface area (Å²) in [5.41, 5.74) is 2.73. The van der Waals surface area contributed by atoms with Crippen LogP contribution in [0.3, 0.4) is 0 Å². The van der Waals surface area contributed by atoms with E-state index in [1.807, 2.05) is 35.2 Å². The molecule has 1 saturated heterocycles. The van der Waals surface area contributed by atoms with E-state index in [9.17, 15) is 18.0 Å². The molecule has 31 heavy (non-hydrogen) atoms. The van der Waals surface area contributed by atoms with Gasteiger partial charge in [0.05, 0.1) is 12.3 Å².